The highest BCUT2D eigenvalue weighted by Gasteiger charge is 2.42. The Bertz CT molecular complexity index is 686. The summed E-state index contributed by atoms with van der Waals surface area (Å²) in [4.78, 5) is 25.5. The summed E-state index contributed by atoms with van der Waals surface area (Å²) < 4.78 is 40.1. The van der Waals surface area contributed by atoms with E-state index < -0.39 is 29.7 Å². The van der Waals surface area contributed by atoms with Gasteiger partial charge in [0.1, 0.15) is 0 Å². The van der Waals surface area contributed by atoms with Crippen LogP contribution in [0.2, 0.25) is 0 Å². The van der Waals surface area contributed by atoms with Crippen LogP contribution >= 0.6 is 0 Å². The van der Waals surface area contributed by atoms with Crippen molar-refractivity contribution in [2.75, 3.05) is 13.1 Å². The average Bonchev–Trinajstić information content (AvgIpc) is 2.71. The molecule has 138 valence electrons. The molecule has 3 aliphatic rings. The molecule has 2 saturated heterocycles. The van der Waals surface area contributed by atoms with Crippen molar-refractivity contribution in [1.82, 2.24) is 14.7 Å². The number of fused-ring (bicyclic) bond motifs is 4. The van der Waals surface area contributed by atoms with Crippen molar-refractivity contribution in [3.63, 3.8) is 0 Å². The second-order valence-corrected chi connectivity index (χ2v) is 7.03. The van der Waals surface area contributed by atoms with Crippen LogP contribution in [0, 0.1) is 17.8 Å². The molecule has 1 saturated carbocycles. The molecule has 1 aliphatic carbocycles. The Morgan fingerprint density at radius 1 is 1.32 bits per heavy atom. The van der Waals surface area contributed by atoms with Crippen LogP contribution in [0.5, 0.6) is 0 Å². The topological polar surface area (TPSA) is 75.4 Å². The standard InChI is InChI=1S/C16H20F3N3O3/c1-21-7-11(14(20-21)16(17,18)19)5-13(23)22-6-9-2-3-10(8-22)12(4-9)15(24)25/h7,9-10,12H,2-6,8H2,1H3,(H,24,25). The number of hydrogen-bond acceptors (Lipinski definition) is 3. The lowest BCUT2D eigenvalue weighted by molar-refractivity contribution is -0.146. The van der Waals surface area contributed by atoms with Crippen molar-refractivity contribution in [1.29, 1.82) is 0 Å². The van der Waals surface area contributed by atoms with Crippen molar-refractivity contribution in [3.8, 4) is 0 Å². The number of nitrogens with zero attached hydrogens (tertiary/aromatic N) is 3. The Morgan fingerprint density at radius 3 is 2.68 bits per heavy atom. The summed E-state index contributed by atoms with van der Waals surface area (Å²) in [6, 6.07) is 0. The minimum atomic E-state index is -4.61. The van der Waals surface area contributed by atoms with Gasteiger partial charge in [-0.3, -0.25) is 14.3 Å². The van der Waals surface area contributed by atoms with Gasteiger partial charge >= 0.3 is 12.1 Å². The van der Waals surface area contributed by atoms with Gasteiger partial charge in [-0.25, -0.2) is 0 Å². The van der Waals surface area contributed by atoms with Gasteiger partial charge in [0.2, 0.25) is 5.91 Å². The zero-order valence-electron chi connectivity index (χ0n) is 13.8. The number of alkyl halides is 3. The first-order chi connectivity index (χ1) is 11.6. The molecule has 3 heterocycles. The predicted molar refractivity (Wildman–Crippen MR) is 80.5 cm³/mol. The van der Waals surface area contributed by atoms with Gasteiger partial charge in [0.15, 0.2) is 5.69 Å². The van der Waals surface area contributed by atoms with Crippen LogP contribution in [0.3, 0.4) is 0 Å². The Hall–Kier alpha value is -2.06. The van der Waals surface area contributed by atoms with E-state index in [0.29, 0.717) is 19.5 Å². The molecule has 6 nitrogen and oxygen atoms in total. The molecule has 3 atom stereocenters. The molecule has 0 aromatic carbocycles. The number of aromatic nitrogens is 2. The summed E-state index contributed by atoms with van der Waals surface area (Å²) in [5.74, 6) is -1.76. The zero-order valence-corrected chi connectivity index (χ0v) is 13.8. The van der Waals surface area contributed by atoms with Crippen LogP contribution in [0.1, 0.15) is 30.5 Å². The molecule has 0 spiro atoms. The number of carbonyl (C=O) groups excluding carboxylic acids is 1. The van der Waals surface area contributed by atoms with Gasteiger partial charge in [-0.15, -0.1) is 0 Å². The van der Waals surface area contributed by atoms with E-state index >= 15 is 0 Å². The van der Waals surface area contributed by atoms with Crippen LogP contribution in [0.25, 0.3) is 0 Å². The van der Waals surface area contributed by atoms with Crippen molar-refractivity contribution in [2.24, 2.45) is 24.8 Å². The maximum absolute atomic E-state index is 13.0. The number of aryl methyl sites for hydroxylation is 1. The maximum Gasteiger partial charge on any atom is 0.435 e. The van der Waals surface area contributed by atoms with Gasteiger partial charge in [-0.2, -0.15) is 18.3 Å². The number of amides is 1. The Balaban J connectivity index is 1.76. The van der Waals surface area contributed by atoms with Crippen molar-refractivity contribution < 1.29 is 27.9 Å². The molecule has 25 heavy (non-hydrogen) atoms. The van der Waals surface area contributed by atoms with Gasteiger partial charge < -0.3 is 10.0 Å². The normalized spacial score (nSPS) is 26.6. The van der Waals surface area contributed by atoms with Crippen LogP contribution in [-0.2, 0) is 29.2 Å². The molecular formula is C16H20F3N3O3. The third-order valence-corrected chi connectivity index (χ3v) is 5.22. The van der Waals surface area contributed by atoms with E-state index in [9.17, 15) is 27.9 Å². The molecule has 1 N–H and O–H groups in total. The van der Waals surface area contributed by atoms with Crippen molar-refractivity contribution in [2.45, 2.75) is 31.9 Å². The summed E-state index contributed by atoms with van der Waals surface area (Å²) in [6.07, 6.45) is -1.63. The number of carbonyl (C=O) groups is 2. The molecular weight excluding hydrogens is 339 g/mol. The summed E-state index contributed by atoms with van der Waals surface area (Å²) >= 11 is 0. The highest BCUT2D eigenvalue weighted by molar-refractivity contribution is 5.79. The minimum Gasteiger partial charge on any atom is -0.481 e. The minimum absolute atomic E-state index is 0.0970. The number of hydrogen-bond donors (Lipinski definition) is 1. The van der Waals surface area contributed by atoms with Gasteiger partial charge in [0.05, 0.1) is 12.3 Å². The smallest absolute Gasteiger partial charge is 0.435 e. The molecule has 3 unspecified atom stereocenters. The Labute approximate surface area is 142 Å². The van der Waals surface area contributed by atoms with E-state index in [1.54, 1.807) is 4.90 Å². The van der Waals surface area contributed by atoms with E-state index in [1.165, 1.54) is 13.2 Å². The molecule has 0 radical (unpaired) electrons. The number of rotatable bonds is 3. The largest absolute Gasteiger partial charge is 0.481 e. The summed E-state index contributed by atoms with van der Waals surface area (Å²) in [5.41, 5.74) is -1.18. The summed E-state index contributed by atoms with van der Waals surface area (Å²) in [5, 5.41) is 12.8. The number of aliphatic carboxylic acids is 1. The van der Waals surface area contributed by atoms with Crippen LogP contribution in [0.15, 0.2) is 6.20 Å². The second-order valence-electron chi connectivity index (χ2n) is 7.03. The Morgan fingerprint density at radius 2 is 2.04 bits per heavy atom. The molecule has 2 aliphatic heterocycles. The van der Waals surface area contributed by atoms with E-state index in [-0.39, 0.29) is 23.8 Å². The zero-order chi connectivity index (χ0) is 18.4. The first-order valence-corrected chi connectivity index (χ1v) is 8.25. The lowest BCUT2D eigenvalue weighted by Crippen LogP contribution is -2.37. The fourth-order valence-corrected chi connectivity index (χ4v) is 4.06. The van der Waals surface area contributed by atoms with Gasteiger partial charge in [0.25, 0.3) is 0 Å². The second kappa shape index (κ2) is 6.34. The highest BCUT2D eigenvalue weighted by Crippen LogP contribution is 2.39. The lowest BCUT2D eigenvalue weighted by Gasteiger charge is -2.28. The number of carboxylic acid groups (broad SMARTS) is 1. The molecule has 4 rings (SSSR count). The molecule has 1 aromatic rings. The summed E-state index contributed by atoms with van der Waals surface area (Å²) in [6.45, 7) is 0.717. The predicted octanol–water partition coefficient (Wildman–Crippen LogP) is 1.94. The molecule has 1 amide bonds. The van der Waals surface area contributed by atoms with Gasteiger partial charge in [0, 0.05) is 31.9 Å². The number of carboxylic acids is 1. The monoisotopic (exact) mass is 359 g/mol. The van der Waals surface area contributed by atoms with Crippen molar-refractivity contribution >= 4 is 11.9 Å². The van der Waals surface area contributed by atoms with Crippen LogP contribution < -0.4 is 0 Å². The Kier molecular flexibility index (Phi) is 4.51. The van der Waals surface area contributed by atoms with Gasteiger partial charge in [-0.05, 0) is 31.1 Å². The quantitative estimate of drug-likeness (QED) is 0.895. The summed E-state index contributed by atoms with van der Waals surface area (Å²) in [7, 11) is 1.38. The average molecular weight is 359 g/mol. The highest BCUT2D eigenvalue weighted by atomic mass is 19.4. The fourth-order valence-electron chi connectivity index (χ4n) is 4.06. The molecule has 3 fully saturated rings. The van der Waals surface area contributed by atoms with Crippen LogP contribution in [0.4, 0.5) is 13.2 Å². The lowest BCUT2D eigenvalue weighted by atomic mass is 9.76. The van der Waals surface area contributed by atoms with Crippen LogP contribution in [-0.4, -0.2) is 44.8 Å². The number of halogens is 3. The maximum atomic E-state index is 13.0. The fraction of sp³-hybridized carbons (Fsp3) is 0.688. The third kappa shape index (κ3) is 3.64. The first kappa shape index (κ1) is 17.8. The van der Waals surface area contributed by atoms with Crippen molar-refractivity contribution in [3.05, 3.63) is 17.5 Å². The van der Waals surface area contributed by atoms with Gasteiger partial charge in [-0.1, -0.05) is 0 Å². The van der Waals surface area contributed by atoms with E-state index in [1.807, 2.05) is 0 Å². The molecule has 2 bridgehead atoms. The van der Waals surface area contributed by atoms with E-state index in [4.69, 9.17) is 0 Å². The molecule has 9 heteroatoms. The van der Waals surface area contributed by atoms with E-state index in [0.717, 1.165) is 17.5 Å². The first-order valence-electron chi connectivity index (χ1n) is 8.25. The third-order valence-electron chi connectivity index (χ3n) is 5.22. The SMILES string of the molecule is Cn1cc(CC(=O)N2CC3CCC(C2)C(C(=O)O)C3)c(C(F)(F)F)n1. The van der Waals surface area contributed by atoms with E-state index in [2.05, 4.69) is 5.10 Å². The molecule has 1 aromatic heterocycles.